The molecule has 0 aliphatic rings. The molecule has 26 heavy (non-hydrogen) atoms. The van der Waals surface area contributed by atoms with E-state index in [-0.39, 0.29) is 11.9 Å². The number of nitrogens with zero attached hydrogens (tertiary/aromatic N) is 3. The van der Waals surface area contributed by atoms with E-state index in [0.717, 1.165) is 13.0 Å². The molecule has 0 spiro atoms. The normalized spacial score (nSPS) is 10.9. The van der Waals surface area contributed by atoms with Crippen LogP contribution in [0.3, 0.4) is 0 Å². The predicted molar refractivity (Wildman–Crippen MR) is 103 cm³/mol. The van der Waals surface area contributed by atoms with Crippen molar-refractivity contribution >= 4 is 25.7 Å². The highest BCUT2D eigenvalue weighted by molar-refractivity contribution is 7.45. The highest BCUT2D eigenvalue weighted by Crippen LogP contribution is 2.25. The monoisotopic (exact) mass is 392 g/mol. The smallest absolute Gasteiger partial charge is 0.368 e. The summed E-state index contributed by atoms with van der Waals surface area (Å²) in [5.74, 6) is 0.789. The first kappa shape index (κ1) is 24.5. The summed E-state index contributed by atoms with van der Waals surface area (Å²) in [5, 5.41) is 3.13. The van der Waals surface area contributed by atoms with E-state index in [4.69, 9.17) is 30.7 Å². The Hall–Kier alpha value is -1.48. The van der Waals surface area contributed by atoms with Gasteiger partial charge in [0.15, 0.2) is 0 Å². The quantitative estimate of drug-likeness (QED) is 0.228. The summed E-state index contributed by atoms with van der Waals surface area (Å²) in [6, 6.07) is 0. The molecule has 1 rings (SSSR count). The first-order valence-electron chi connectivity index (χ1n) is 9.01. The molecule has 11 heteroatoms. The standard InChI is InChI=1S/C15H30N6.H3O4P/c1-2-3-4-5-6-7-8-9-10-11-12-18-15-20-13(16)19-14(17)21-15;1-5(2,3)4/h2-12H2,1H3,(H5,16,17,18,19,20,21);(H3,1,2,3,4). The minimum Gasteiger partial charge on any atom is -0.368 e. The highest BCUT2D eigenvalue weighted by atomic mass is 31.2. The summed E-state index contributed by atoms with van der Waals surface area (Å²) < 4.78 is 8.88. The van der Waals surface area contributed by atoms with Crippen molar-refractivity contribution in [2.75, 3.05) is 23.3 Å². The first-order valence-corrected chi connectivity index (χ1v) is 10.6. The van der Waals surface area contributed by atoms with Gasteiger partial charge in [0, 0.05) is 6.54 Å². The molecule has 0 fully saturated rings. The SMILES string of the molecule is CCCCCCCCCCCCNc1nc(N)nc(N)n1.O=P(O)(O)O. The number of nitrogens with two attached hydrogens (primary N) is 2. The third kappa shape index (κ3) is 18.9. The Balaban J connectivity index is 0.00000110. The molecule has 0 atom stereocenters. The Morgan fingerprint density at radius 3 is 1.62 bits per heavy atom. The third-order valence-electron chi connectivity index (χ3n) is 3.48. The second-order valence-electron chi connectivity index (χ2n) is 6.00. The molecular weight excluding hydrogens is 359 g/mol. The lowest BCUT2D eigenvalue weighted by Gasteiger charge is -2.05. The van der Waals surface area contributed by atoms with Gasteiger partial charge in [-0.3, -0.25) is 0 Å². The number of rotatable bonds is 12. The molecule has 0 aliphatic carbocycles. The highest BCUT2D eigenvalue weighted by Gasteiger charge is 2.01. The van der Waals surface area contributed by atoms with Gasteiger partial charge < -0.3 is 31.5 Å². The van der Waals surface area contributed by atoms with Crippen molar-refractivity contribution in [3.8, 4) is 0 Å². The van der Waals surface area contributed by atoms with Gasteiger partial charge in [0.25, 0.3) is 0 Å². The maximum absolute atomic E-state index is 8.88. The van der Waals surface area contributed by atoms with Gasteiger partial charge in [-0.25, -0.2) is 4.57 Å². The van der Waals surface area contributed by atoms with Crippen molar-refractivity contribution in [2.24, 2.45) is 0 Å². The van der Waals surface area contributed by atoms with Crippen LogP contribution in [0, 0.1) is 0 Å². The van der Waals surface area contributed by atoms with E-state index < -0.39 is 7.82 Å². The largest absolute Gasteiger partial charge is 0.466 e. The number of unbranched alkanes of at least 4 members (excludes halogenated alkanes) is 9. The number of nitrogens with one attached hydrogen (secondary N) is 1. The lowest BCUT2D eigenvalue weighted by atomic mass is 10.1. The number of aromatic nitrogens is 3. The summed E-state index contributed by atoms with van der Waals surface area (Å²) in [6.07, 6.45) is 13.3. The lowest BCUT2D eigenvalue weighted by molar-refractivity contribution is 0.275. The van der Waals surface area contributed by atoms with Gasteiger partial charge in [-0.2, -0.15) is 15.0 Å². The number of hydrogen-bond acceptors (Lipinski definition) is 7. The first-order chi connectivity index (χ1) is 12.2. The van der Waals surface area contributed by atoms with Crippen molar-refractivity contribution in [1.29, 1.82) is 0 Å². The third-order valence-corrected chi connectivity index (χ3v) is 3.48. The summed E-state index contributed by atoms with van der Waals surface area (Å²) in [5.41, 5.74) is 11.0. The van der Waals surface area contributed by atoms with E-state index in [1.54, 1.807) is 0 Å². The van der Waals surface area contributed by atoms with E-state index >= 15 is 0 Å². The van der Waals surface area contributed by atoms with Crippen molar-refractivity contribution < 1.29 is 19.2 Å². The molecule has 152 valence electrons. The molecule has 10 nitrogen and oxygen atoms in total. The van der Waals surface area contributed by atoms with E-state index in [9.17, 15) is 0 Å². The summed E-state index contributed by atoms with van der Waals surface area (Å²) in [6.45, 7) is 3.10. The summed E-state index contributed by atoms with van der Waals surface area (Å²) in [4.78, 5) is 33.3. The summed E-state index contributed by atoms with van der Waals surface area (Å²) >= 11 is 0. The molecule has 1 aromatic heterocycles. The van der Waals surface area contributed by atoms with Gasteiger partial charge in [-0.05, 0) is 6.42 Å². The maximum Gasteiger partial charge on any atom is 0.466 e. The Morgan fingerprint density at radius 2 is 1.19 bits per heavy atom. The van der Waals surface area contributed by atoms with Gasteiger partial charge in [0.2, 0.25) is 17.8 Å². The van der Waals surface area contributed by atoms with Gasteiger partial charge in [0.1, 0.15) is 0 Å². The molecule has 0 aliphatic heterocycles. The van der Waals surface area contributed by atoms with Crippen LogP contribution in [-0.4, -0.2) is 36.2 Å². The van der Waals surface area contributed by atoms with Crippen LogP contribution < -0.4 is 16.8 Å². The Bertz CT molecular complexity index is 500. The van der Waals surface area contributed by atoms with Gasteiger partial charge in [-0.15, -0.1) is 0 Å². The Kier molecular flexibility index (Phi) is 13.8. The van der Waals surface area contributed by atoms with E-state index in [1.807, 2.05) is 0 Å². The van der Waals surface area contributed by atoms with Crippen LogP contribution in [0.1, 0.15) is 71.1 Å². The van der Waals surface area contributed by atoms with Crippen molar-refractivity contribution in [1.82, 2.24) is 15.0 Å². The average molecular weight is 392 g/mol. The van der Waals surface area contributed by atoms with Crippen molar-refractivity contribution in [3.63, 3.8) is 0 Å². The molecule has 0 radical (unpaired) electrons. The number of phosphoric acid groups is 1. The van der Waals surface area contributed by atoms with Crippen LogP contribution >= 0.6 is 7.82 Å². The Morgan fingerprint density at radius 1 is 0.808 bits per heavy atom. The number of hydrogen-bond donors (Lipinski definition) is 6. The van der Waals surface area contributed by atoms with Crippen LogP contribution in [-0.2, 0) is 4.57 Å². The minimum absolute atomic E-state index is 0.160. The zero-order valence-electron chi connectivity index (χ0n) is 15.5. The van der Waals surface area contributed by atoms with Crippen LogP contribution in [0.25, 0.3) is 0 Å². The predicted octanol–water partition coefficient (Wildman–Crippen LogP) is 2.44. The number of anilines is 3. The van der Waals surface area contributed by atoms with Crippen molar-refractivity contribution in [3.05, 3.63) is 0 Å². The molecule has 0 unspecified atom stereocenters. The molecule has 1 aromatic rings. The molecule has 0 bridgehead atoms. The van der Waals surface area contributed by atoms with Crippen molar-refractivity contribution in [2.45, 2.75) is 71.1 Å². The minimum atomic E-state index is -4.64. The fourth-order valence-corrected chi connectivity index (χ4v) is 2.30. The average Bonchev–Trinajstić information content (AvgIpc) is 2.50. The molecule has 0 aromatic carbocycles. The molecule has 8 N–H and O–H groups in total. The van der Waals surface area contributed by atoms with E-state index in [2.05, 4.69) is 27.2 Å². The second kappa shape index (κ2) is 14.7. The molecule has 0 amide bonds. The fourth-order valence-electron chi connectivity index (χ4n) is 2.30. The van der Waals surface area contributed by atoms with Crippen LogP contribution in [0.2, 0.25) is 0 Å². The zero-order chi connectivity index (χ0) is 19.8. The van der Waals surface area contributed by atoms with E-state index in [0.29, 0.717) is 5.95 Å². The number of nitrogen functional groups attached to an aromatic ring is 2. The topological polar surface area (TPSA) is 180 Å². The lowest BCUT2D eigenvalue weighted by Crippen LogP contribution is -2.10. The zero-order valence-corrected chi connectivity index (χ0v) is 16.4. The summed E-state index contributed by atoms with van der Waals surface area (Å²) in [7, 11) is -4.64. The fraction of sp³-hybridized carbons (Fsp3) is 0.800. The molecular formula is C15H33N6O4P. The van der Waals surface area contributed by atoms with Crippen LogP contribution in [0.5, 0.6) is 0 Å². The van der Waals surface area contributed by atoms with Gasteiger partial charge in [0.05, 0.1) is 0 Å². The maximum atomic E-state index is 8.88. The van der Waals surface area contributed by atoms with Crippen LogP contribution in [0.15, 0.2) is 0 Å². The molecule has 0 saturated carbocycles. The van der Waals surface area contributed by atoms with E-state index in [1.165, 1.54) is 57.8 Å². The van der Waals surface area contributed by atoms with Crippen LogP contribution in [0.4, 0.5) is 17.8 Å². The van der Waals surface area contributed by atoms with Gasteiger partial charge in [-0.1, -0.05) is 64.7 Å². The molecule has 1 heterocycles. The van der Waals surface area contributed by atoms with Gasteiger partial charge >= 0.3 is 7.82 Å². The Labute approximate surface area is 155 Å². The second-order valence-corrected chi connectivity index (χ2v) is 7.02. The molecule has 0 saturated heterocycles.